The molecule has 3 rings (SSSR count). The van der Waals surface area contributed by atoms with Crippen molar-refractivity contribution in [1.29, 1.82) is 0 Å². The Morgan fingerprint density at radius 3 is 2.54 bits per heavy atom. The highest BCUT2D eigenvalue weighted by Crippen LogP contribution is 2.35. The lowest BCUT2D eigenvalue weighted by Crippen LogP contribution is -2.29. The van der Waals surface area contributed by atoms with Crippen LogP contribution in [0.1, 0.15) is 24.5 Å². The molecule has 136 valence electrons. The standard InChI is InChI=1S/C19H19FN2O3S/c1-10(2)25-15(23)9-22-12(4)21-18-17(19(22)24)16(11(3)26-18)13-5-7-14(20)8-6-13/h5-8,10H,9H2,1-4H3. The van der Waals surface area contributed by atoms with Gasteiger partial charge in [0.1, 0.15) is 23.0 Å². The molecular formula is C19H19FN2O3S. The Bertz CT molecular complexity index is 1040. The summed E-state index contributed by atoms with van der Waals surface area (Å²) < 4.78 is 19.7. The minimum absolute atomic E-state index is 0.191. The van der Waals surface area contributed by atoms with Crippen LogP contribution in [0.2, 0.25) is 0 Å². The first kappa shape index (κ1) is 18.3. The maximum Gasteiger partial charge on any atom is 0.326 e. The number of ether oxygens (including phenoxy) is 1. The van der Waals surface area contributed by atoms with Gasteiger partial charge < -0.3 is 4.74 Å². The summed E-state index contributed by atoms with van der Waals surface area (Å²) in [5, 5.41) is 0.446. The van der Waals surface area contributed by atoms with Gasteiger partial charge in [0, 0.05) is 10.4 Å². The molecule has 0 aliphatic rings. The zero-order valence-electron chi connectivity index (χ0n) is 15.0. The molecule has 0 aliphatic heterocycles. The second-order valence-corrected chi connectivity index (χ2v) is 7.51. The number of hydrogen-bond donors (Lipinski definition) is 0. The van der Waals surface area contributed by atoms with Crippen LogP contribution in [0.5, 0.6) is 0 Å². The Morgan fingerprint density at radius 2 is 1.92 bits per heavy atom. The molecular weight excluding hydrogens is 355 g/mol. The van der Waals surface area contributed by atoms with Gasteiger partial charge in [-0.15, -0.1) is 11.3 Å². The van der Waals surface area contributed by atoms with Crippen molar-refractivity contribution in [1.82, 2.24) is 9.55 Å². The van der Waals surface area contributed by atoms with Gasteiger partial charge in [-0.2, -0.15) is 0 Å². The van der Waals surface area contributed by atoms with Gasteiger partial charge in [0.05, 0.1) is 11.5 Å². The van der Waals surface area contributed by atoms with Gasteiger partial charge in [-0.1, -0.05) is 12.1 Å². The molecule has 1 aromatic carbocycles. The summed E-state index contributed by atoms with van der Waals surface area (Å²) in [4.78, 5) is 31.1. The third-order valence-electron chi connectivity index (χ3n) is 3.97. The van der Waals surface area contributed by atoms with Crippen molar-refractivity contribution in [2.75, 3.05) is 0 Å². The third kappa shape index (κ3) is 3.39. The normalized spacial score (nSPS) is 11.3. The van der Waals surface area contributed by atoms with Crippen LogP contribution in [-0.2, 0) is 16.1 Å². The monoisotopic (exact) mass is 374 g/mol. The maximum atomic E-state index is 13.3. The number of rotatable bonds is 4. The number of halogens is 1. The van der Waals surface area contributed by atoms with Gasteiger partial charge in [0.15, 0.2) is 0 Å². The van der Waals surface area contributed by atoms with Crippen LogP contribution < -0.4 is 5.56 Å². The number of esters is 1. The molecule has 3 aromatic rings. The molecule has 0 aliphatic carbocycles. The van der Waals surface area contributed by atoms with Crippen LogP contribution in [0.25, 0.3) is 21.3 Å². The molecule has 0 unspecified atom stereocenters. The Kier molecular flexibility index (Phi) is 4.91. The summed E-state index contributed by atoms with van der Waals surface area (Å²) >= 11 is 1.41. The molecule has 0 atom stereocenters. The van der Waals surface area contributed by atoms with Crippen molar-refractivity contribution in [3.05, 3.63) is 51.1 Å². The number of carbonyl (C=O) groups excluding carboxylic acids is 1. The van der Waals surface area contributed by atoms with Crippen molar-refractivity contribution >= 4 is 27.5 Å². The SMILES string of the molecule is Cc1sc2nc(C)n(CC(=O)OC(C)C)c(=O)c2c1-c1ccc(F)cc1. The number of hydrogen-bond acceptors (Lipinski definition) is 5. The highest BCUT2D eigenvalue weighted by Gasteiger charge is 2.20. The highest BCUT2D eigenvalue weighted by atomic mass is 32.1. The van der Waals surface area contributed by atoms with Crippen molar-refractivity contribution in [2.24, 2.45) is 0 Å². The zero-order chi connectivity index (χ0) is 19.0. The minimum Gasteiger partial charge on any atom is -0.462 e. The largest absolute Gasteiger partial charge is 0.462 e. The van der Waals surface area contributed by atoms with E-state index in [4.69, 9.17) is 4.74 Å². The quantitative estimate of drug-likeness (QED) is 0.651. The van der Waals surface area contributed by atoms with Gasteiger partial charge >= 0.3 is 5.97 Å². The summed E-state index contributed by atoms with van der Waals surface area (Å²) in [5.74, 6) is -0.370. The Morgan fingerprint density at radius 1 is 1.27 bits per heavy atom. The predicted molar refractivity (Wildman–Crippen MR) is 100.0 cm³/mol. The Hall–Kier alpha value is -2.54. The number of aromatic nitrogens is 2. The molecule has 0 amide bonds. The van der Waals surface area contributed by atoms with E-state index in [9.17, 15) is 14.0 Å². The first-order chi connectivity index (χ1) is 12.3. The fourth-order valence-corrected chi connectivity index (χ4v) is 3.96. The molecule has 0 saturated heterocycles. The van der Waals surface area contributed by atoms with Crippen molar-refractivity contribution in [3.8, 4) is 11.1 Å². The lowest BCUT2D eigenvalue weighted by molar-refractivity contribution is -0.148. The van der Waals surface area contributed by atoms with E-state index in [1.165, 1.54) is 28.0 Å². The fourth-order valence-electron chi connectivity index (χ4n) is 2.88. The zero-order valence-corrected chi connectivity index (χ0v) is 15.8. The average molecular weight is 374 g/mol. The van der Waals surface area contributed by atoms with E-state index < -0.39 is 5.97 Å². The van der Waals surface area contributed by atoms with E-state index in [0.717, 1.165) is 16.0 Å². The van der Waals surface area contributed by atoms with Gasteiger partial charge in [0.25, 0.3) is 5.56 Å². The predicted octanol–water partition coefficient (Wildman–Crippen LogP) is 3.83. The number of carbonyl (C=O) groups is 1. The molecule has 0 radical (unpaired) electrons. The molecule has 5 nitrogen and oxygen atoms in total. The van der Waals surface area contributed by atoms with Gasteiger partial charge in [-0.25, -0.2) is 9.37 Å². The van der Waals surface area contributed by atoms with Gasteiger partial charge in [0.2, 0.25) is 0 Å². The topological polar surface area (TPSA) is 61.2 Å². The van der Waals surface area contributed by atoms with Crippen molar-refractivity contribution in [3.63, 3.8) is 0 Å². The van der Waals surface area contributed by atoms with Crippen LogP contribution in [0, 0.1) is 19.7 Å². The summed E-state index contributed by atoms with van der Waals surface area (Å²) in [6.45, 7) is 6.91. The van der Waals surface area contributed by atoms with Gasteiger partial charge in [-0.05, 0) is 45.4 Å². The van der Waals surface area contributed by atoms with E-state index in [2.05, 4.69) is 4.98 Å². The lowest BCUT2D eigenvalue weighted by Gasteiger charge is -2.12. The Labute approximate surface area is 154 Å². The summed E-state index contributed by atoms with van der Waals surface area (Å²) in [7, 11) is 0. The first-order valence-electron chi connectivity index (χ1n) is 8.24. The maximum absolute atomic E-state index is 13.3. The summed E-state index contributed by atoms with van der Waals surface area (Å²) in [5.41, 5.74) is 1.18. The van der Waals surface area contributed by atoms with Crippen LogP contribution in [-0.4, -0.2) is 21.6 Å². The summed E-state index contributed by atoms with van der Waals surface area (Å²) in [6, 6.07) is 6.00. The average Bonchev–Trinajstić information content (AvgIpc) is 2.87. The lowest BCUT2D eigenvalue weighted by atomic mass is 10.0. The summed E-state index contributed by atoms with van der Waals surface area (Å²) in [6.07, 6.45) is -0.256. The first-order valence-corrected chi connectivity index (χ1v) is 9.05. The molecule has 0 fully saturated rings. The molecule has 0 spiro atoms. The van der Waals surface area contributed by atoms with Crippen molar-refractivity contribution in [2.45, 2.75) is 40.3 Å². The van der Waals surface area contributed by atoms with E-state index in [1.54, 1.807) is 32.9 Å². The minimum atomic E-state index is -0.485. The molecule has 26 heavy (non-hydrogen) atoms. The molecule has 2 aromatic heterocycles. The molecule has 7 heteroatoms. The van der Waals surface area contributed by atoms with Crippen molar-refractivity contribution < 1.29 is 13.9 Å². The number of nitrogens with zero attached hydrogens (tertiary/aromatic N) is 2. The van der Waals surface area contributed by atoms with Crippen LogP contribution in [0.4, 0.5) is 4.39 Å². The Balaban J connectivity index is 2.18. The van der Waals surface area contributed by atoms with E-state index in [-0.39, 0.29) is 24.0 Å². The number of thiophene rings is 1. The van der Waals surface area contributed by atoms with Crippen LogP contribution in [0.15, 0.2) is 29.1 Å². The smallest absolute Gasteiger partial charge is 0.326 e. The fraction of sp³-hybridized carbons (Fsp3) is 0.316. The molecule has 0 saturated carbocycles. The number of aryl methyl sites for hydroxylation is 2. The van der Waals surface area contributed by atoms with E-state index in [0.29, 0.717) is 16.0 Å². The third-order valence-corrected chi connectivity index (χ3v) is 4.97. The number of fused-ring (bicyclic) bond motifs is 1. The highest BCUT2D eigenvalue weighted by molar-refractivity contribution is 7.19. The van der Waals surface area contributed by atoms with Crippen LogP contribution in [0.3, 0.4) is 0 Å². The van der Waals surface area contributed by atoms with E-state index in [1.807, 2.05) is 6.92 Å². The number of benzene rings is 1. The second kappa shape index (κ2) is 6.99. The second-order valence-electron chi connectivity index (χ2n) is 6.31. The van der Waals surface area contributed by atoms with Crippen LogP contribution >= 0.6 is 11.3 Å². The molecule has 0 N–H and O–H groups in total. The molecule has 0 bridgehead atoms. The van der Waals surface area contributed by atoms with Gasteiger partial charge in [-0.3, -0.25) is 14.2 Å². The molecule has 2 heterocycles. The van der Waals surface area contributed by atoms with E-state index >= 15 is 0 Å².